The molecule has 0 aliphatic heterocycles. The normalized spacial score (nSPS) is 12.6. The van der Waals surface area contributed by atoms with E-state index in [0.717, 1.165) is 41.7 Å². The van der Waals surface area contributed by atoms with Gasteiger partial charge in [-0.1, -0.05) is 6.07 Å². The number of amides is 1. The van der Waals surface area contributed by atoms with E-state index in [2.05, 4.69) is 10.3 Å². The molecule has 3 rings (SSSR count). The first-order valence-corrected chi connectivity index (χ1v) is 12.0. The van der Waals surface area contributed by atoms with Crippen molar-refractivity contribution in [3.8, 4) is 5.75 Å². The summed E-state index contributed by atoms with van der Waals surface area (Å²) in [4.78, 5) is 28.2. The van der Waals surface area contributed by atoms with Crippen LogP contribution >= 0.6 is 0 Å². The number of carbonyl (C=O) groups is 1. The molecule has 1 aromatic carbocycles. The number of nitrogens with one attached hydrogen (secondary N) is 1. The molecule has 9 nitrogen and oxygen atoms in total. The van der Waals surface area contributed by atoms with Crippen molar-refractivity contribution in [2.45, 2.75) is 38.5 Å². The fraction of sp³-hybridized carbons (Fsp3) is 0.269. The Balaban J connectivity index is 1.46. The third-order valence-electron chi connectivity index (χ3n) is 5.60. The van der Waals surface area contributed by atoms with Gasteiger partial charge in [0.2, 0.25) is 0 Å². The van der Waals surface area contributed by atoms with Crippen molar-refractivity contribution >= 4 is 5.91 Å². The van der Waals surface area contributed by atoms with Gasteiger partial charge in [0.25, 0.3) is 11.5 Å². The standard InChI is InChI=1S/C26H26F6N6O3/c27-18(6-9-37-8-5-16(10-23(37)39)15-41-24-20(28)2-1-3-21(24)29)13-38(34)14-22(33)25(40)36-12-19-11-17(4-7-35-19)26(30,31)32/h1-5,7-8,10-11,14,18H,6,9,12-13,15,33-34H2,(H,36,40)/b22-14-. The van der Waals surface area contributed by atoms with E-state index in [-0.39, 0.29) is 31.8 Å². The number of benzene rings is 1. The highest BCUT2D eigenvalue weighted by Gasteiger charge is 2.30. The molecule has 2 heterocycles. The van der Waals surface area contributed by atoms with E-state index in [1.165, 1.54) is 29.0 Å². The van der Waals surface area contributed by atoms with Crippen LogP contribution < -0.4 is 27.2 Å². The Morgan fingerprint density at radius 1 is 1.17 bits per heavy atom. The number of nitrogens with two attached hydrogens (primary N) is 2. The van der Waals surface area contributed by atoms with Gasteiger partial charge in [-0.15, -0.1) is 0 Å². The van der Waals surface area contributed by atoms with E-state index < -0.39 is 59.0 Å². The van der Waals surface area contributed by atoms with Gasteiger partial charge in [-0.3, -0.25) is 14.6 Å². The van der Waals surface area contributed by atoms with Crippen LogP contribution in [0.15, 0.2) is 71.5 Å². The summed E-state index contributed by atoms with van der Waals surface area (Å²) in [6.45, 7) is -1.02. The lowest BCUT2D eigenvalue weighted by Crippen LogP contribution is -2.36. The maximum Gasteiger partial charge on any atom is 0.416 e. The molecule has 1 unspecified atom stereocenters. The lowest BCUT2D eigenvalue weighted by Gasteiger charge is -2.18. The Labute approximate surface area is 230 Å². The first-order valence-electron chi connectivity index (χ1n) is 12.0. The number of rotatable bonds is 12. The summed E-state index contributed by atoms with van der Waals surface area (Å²) >= 11 is 0. The number of aromatic nitrogens is 2. The lowest BCUT2D eigenvalue weighted by atomic mass is 10.2. The zero-order chi connectivity index (χ0) is 30.2. The minimum Gasteiger partial charge on any atom is -0.483 e. The molecular weight excluding hydrogens is 558 g/mol. The van der Waals surface area contributed by atoms with Crippen LogP contribution in [-0.2, 0) is 30.7 Å². The Morgan fingerprint density at radius 2 is 1.88 bits per heavy atom. The van der Waals surface area contributed by atoms with Gasteiger partial charge in [0.05, 0.1) is 24.3 Å². The maximum absolute atomic E-state index is 14.5. The summed E-state index contributed by atoms with van der Waals surface area (Å²) in [6, 6.07) is 7.51. The van der Waals surface area contributed by atoms with Crippen molar-refractivity contribution in [1.82, 2.24) is 19.9 Å². The van der Waals surface area contributed by atoms with E-state index in [4.69, 9.17) is 16.3 Å². The number of aryl methyl sites for hydroxylation is 1. The first kappa shape index (κ1) is 31.0. The molecule has 5 N–H and O–H groups in total. The van der Waals surface area contributed by atoms with Crippen LogP contribution in [0, 0.1) is 11.6 Å². The van der Waals surface area contributed by atoms with Gasteiger partial charge in [0.15, 0.2) is 17.4 Å². The second-order valence-electron chi connectivity index (χ2n) is 8.79. The molecule has 3 aromatic rings. The highest BCUT2D eigenvalue weighted by atomic mass is 19.4. The minimum absolute atomic E-state index is 0.0272. The van der Waals surface area contributed by atoms with E-state index >= 15 is 0 Å². The zero-order valence-corrected chi connectivity index (χ0v) is 21.4. The molecule has 41 heavy (non-hydrogen) atoms. The van der Waals surface area contributed by atoms with Crippen molar-refractivity contribution in [2.75, 3.05) is 6.54 Å². The second-order valence-corrected chi connectivity index (χ2v) is 8.79. The Hall–Kier alpha value is -4.53. The molecule has 0 bridgehead atoms. The van der Waals surface area contributed by atoms with Crippen molar-refractivity contribution < 1.29 is 35.9 Å². The van der Waals surface area contributed by atoms with Crippen molar-refractivity contribution in [1.29, 1.82) is 0 Å². The predicted octanol–water partition coefficient (Wildman–Crippen LogP) is 3.14. The molecule has 2 aromatic heterocycles. The van der Waals surface area contributed by atoms with Crippen LogP contribution in [0.25, 0.3) is 0 Å². The molecule has 0 aliphatic carbocycles. The largest absolute Gasteiger partial charge is 0.483 e. The SMILES string of the molecule is N/C(=C\N(N)CC(F)CCn1ccc(COc2c(F)cccc2F)cc1=O)C(=O)NCc1cc(C(F)(F)F)ccn1. The van der Waals surface area contributed by atoms with E-state index in [0.29, 0.717) is 5.56 Å². The minimum atomic E-state index is -4.57. The number of carbonyl (C=O) groups excluding carboxylic acids is 1. The second kappa shape index (κ2) is 13.7. The van der Waals surface area contributed by atoms with Crippen LogP contribution in [0.2, 0.25) is 0 Å². The van der Waals surface area contributed by atoms with Crippen LogP contribution in [0.5, 0.6) is 5.75 Å². The molecule has 220 valence electrons. The highest BCUT2D eigenvalue weighted by Crippen LogP contribution is 2.29. The molecule has 15 heteroatoms. The van der Waals surface area contributed by atoms with Crippen LogP contribution in [0.3, 0.4) is 0 Å². The number of hydrazine groups is 1. The summed E-state index contributed by atoms with van der Waals surface area (Å²) in [5, 5.41) is 3.12. The number of hydrogen-bond donors (Lipinski definition) is 3. The smallest absolute Gasteiger partial charge is 0.416 e. The van der Waals surface area contributed by atoms with Crippen molar-refractivity contribution in [2.24, 2.45) is 11.6 Å². The highest BCUT2D eigenvalue weighted by molar-refractivity contribution is 5.92. The monoisotopic (exact) mass is 584 g/mol. The zero-order valence-electron chi connectivity index (χ0n) is 21.4. The molecule has 0 spiro atoms. The Kier molecular flexibility index (Phi) is 10.4. The fourth-order valence-electron chi connectivity index (χ4n) is 3.51. The lowest BCUT2D eigenvalue weighted by molar-refractivity contribution is -0.137. The average molecular weight is 585 g/mol. The van der Waals surface area contributed by atoms with Gasteiger partial charge in [-0.05, 0) is 42.3 Å². The third kappa shape index (κ3) is 9.27. The summed E-state index contributed by atoms with van der Waals surface area (Å²) in [6.07, 6.45) is -2.94. The van der Waals surface area contributed by atoms with Gasteiger partial charge in [-0.25, -0.2) is 19.0 Å². The predicted molar refractivity (Wildman–Crippen MR) is 135 cm³/mol. The number of para-hydroxylation sites is 1. The Morgan fingerprint density at radius 3 is 2.54 bits per heavy atom. The van der Waals surface area contributed by atoms with Crippen LogP contribution in [0.4, 0.5) is 26.3 Å². The molecule has 0 radical (unpaired) electrons. The Bertz CT molecular complexity index is 1430. The number of pyridine rings is 2. The van der Waals surface area contributed by atoms with Gasteiger partial charge >= 0.3 is 6.18 Å². The fourth-order valence-corrected chi connectivity index (χ4v) is 3.51. The number of hydrogen-bond acceptors (Lipinski definition) is 7. The molecule has 1 amide bonds. The van der Waals surface area contributed by atoms with E-state index in [9.17, 15) is 35.9 Å². The van der Waals surface area contributed by atoms with Crippen LogP contribution in [0.1, 0.15) is 23.2 Å². The van der Waals surface area contributed by atoms with Crippen molar-refractivity contribution in [3.05, 3.63) is 106 Å². The van der Waals surface area contributed by atoms with E-state index in [1.54, 1.807) is 0 Å². The topological polar surface area (TPSA) is 128 Å². The molecule has 0 aliphatic rings. The van der Waals surface area contributed by atoms with Crippen LogP contribution in [-0.4, -0.2) is 33.2 Å². The molecule has 0 saturated carbocycles. The summed E-state index contributed by atoms with van der Waals surface area (Å²) in [5.74, 6) is 2.50. The quantitative estimate of drug-likeness (QED) is 0.129. The summed E-state index contributed by atoms with van der Waals surface area (Å²) in [7, 11) is 0. The van der Waals surface area contributed by atoms with Crippen molar-refractivity contribution in [3.63, 3.8) is 0 Å². The summed E-state index contributed by atoms with van der Waals surface area (Å²) in [5.41, 5.74) is 4.10. The third-order valence-corrected chi connectivity index (χ3v) is 5.60. The van der Waals surface area contributed by atoms with Gasteiger partial charge in [0.1, 0.15) is 18.5 Å². The van der Waals surface area contributed by atoms with Gasteiger partial charge in [0, 0.05) is 31.2 Å². The number of halogens is 6. The van der Waals surface area contributed by atoms with Gasteiger partial charge in [-0.2, -0.15) is 13.2 Å². The number of nitrogens with zero attached hydrogens (tertiary/aromatic N) is 3. The molecule has 0 fully saturated rings. The van der Waals surface area contributed by atoms with E-state index in [1.807, 2.05) is 0 Å². The summed E-state index contributed by atoms with van der Waals surface area (Å²) < 4.78 is 86.6. The number of alkyl halides is 4. The van der Waals surface area contributed by atoms with Gasteiger partial charge < -0.3 is 25.4 Å². The average Bonchev–Trinajstić information content (AvgIpc) is 2.90. The maximum atomic E-state index is 14.5. The molecular formula is C26H26F6N6O3. The molecule has 0 saturated heterocycles. The molecule has 1 atom stereocenters. The first-order chi connectivity index (χ1) is 19.3. The number of ether oxygens (including phenoxy) is 1.